The van der Waals surface area contributed by atoms with Gasteiger partial charge in [-0.15, -0.1) is 11.3 Å². The number of carbonyl (C=O) groups is 1. The lowest BCUT2D eigenvalue weighted by Gasteiger charge is -2.32. The molecule has 0 bridgehead atoms. The van der Waals surface area contributed by atoms with E-state index < -0.39 is 36.4 Å². The number of piperazine rings is 1. The number of benzene rings is 4. The minimum Gasteiger partial charge on any atom is -0.496 e. The van der Waals surface area contributed by atoms with Crippen LogP contribution < -0.4 is 23.7 Å². The molecule has 0 radical (unpaired) electrons. The number of hydrogen-bond acceptors (Lipinski definition) is 12. The molecule has 13 nitrogen and oxygen atoms in total. The summed E-state index contributed by atoms with van der Waals surface area (Å²) in [4.78, 5) is 36.4. The molecule has 1 aliphatic rings. The molecule has 1 aliphatic heterocycles. The van der Waals surface area contributed by atoms with Crippen LogP contribution in [0.2, 0.25) is 5.02 Å². The summed E-state index contributed by atoms with van der Waals surface area (Å²) in [5.41, 5.74) is 3.49. The van der Waals surface area contributed by atoms with E-state index >= 15 is 0 Å². The van der Waals surface area contributed by atoms with Crippen molar-refractivity contribution in [2.24, 2.45) is 9.98 Å². The first-order valence-electron chi connectivity index (χ1n) is 21.7. The standard InChI is InChI=1S/C50H49ClF4N6O7S/c1-6-56-46(35-12-8-10-14-38(35)64-5)59-30(2)27-66-37-13-9-7-11-32(37)25-41(49(62)63)68-47-43-42(34-16-18-39(44(51)31(34)3)65-24-23-61-21-19-60(4)20-22-61)45(69-48(43)58-29-57-47)33-15-17-36(52)40(26-33)67-28-50(53,54)55/h6-18,26,29,41H,1,19-25,27-28H2,2-5H3,(H,62,63). The molecular formula is C50H49ClF4N6O7S. The van der Waals surface area contributed by atoms with Crippen molar-refractivity contribution in [3.05, 3.63) is 125 Å². The number of carboxylic acids is 1. The van der Waals surface area contributed by atoms with E-state index in [1.165, 1.54) is 24.7 Å². The third-order valence-electron chi connectivity index (χ3n) is 11.1. The van der Waals surface area contributed by atoms with Gasteiger partial charge in [-0.05, 0) is 79.5 Å². The summed E-state index contributed by atoms with van der Waals surface area (Å²) in [6.45, 7) is 10.4. The SMILES string of the molecule is C=CN=C(N=C(C)COc1ccccc1CC(Oc1ncnc2sc(-c3ccc(F)c(OCC(F)(F)F)c3)c(-c3ccc(OCCN4CCN(C)CC4)c(Cl)c3C)c12)C(=O)O)c1ccccc1OC. The zero-order valence-corrected chi connectivity index (χ0v) is 39.8. The Morgan fingerprint density at radius 2 is 1.71 bits per heavy atom. The molecule has 3 heterocycles. The van der Waals surface area contributed by atoms with Gasteiger partial charge in [-0.25, -0.2) is 29.1 Å². The Balaban J connectivity index is 1.22. The number of rotatable bonds is 19. The minimum atomic E-state index is -4.72. The molecule has 1 atom stereocenters. The highest BCUT2D eigenvalue weighted by molar-refractivity contribution is 7.22. The monoisotopic (exact) mass is 988 g/mol. The van der Waals surface area contributed by atoms with Gasteiger partial charge in [0.25, 0.3) is 0 Å². The number of carboxylic acid groups (broad SMARTS) is 1. The van der Waals surface area contributed by atoms with Crippen LogP contribution >= 0.6 is 22.9 Å². The Labute approximate surface area is 405 Å². The quantitative estimate of drug-likeness (QED) is 0.0471. The fourth-order valence-corrected chi connectivity index (χ4v) is 8.93. The molecule has 19 heteroatoms. The Morgan fingerprint density at radius 3 is 2.43 bits per heavy atom. The van der Waals surface area contributed by atoms with Crippen molar-refractivity contribution < 1.29 is 51.1 Å². The van der Waals surface area contributed by atoms with E-state index in [0.29, 0.717) is 84.5 Å². The van der Waals surface area contributed by atoms with Crippen LogP contribution in [0.15, 0.2) is 108 Å². The highest BCUT2D eigenvalue weighted by Crippen LogP contribution is 2.50. The lowest BCUT2D eigenvalue weighted by molar-refractivity contribution is -0.153. The summed E-state index contributed by atoms with van der Waals surface area (Å²) >= 11 is 8.16. The number of aliphatic carboxylic acids is 1. The van der Waals surface area contributed by atoms with Crippen LogP contribution in [0, 0.1) is 12.7 Å². The molecule has 69 heavy (non-hydrogen) atoms. The Kier molecular flexibility index (Phi) is 16.5. The molecule has 362 valence electrons. The van der Waals surface area contributed by atoms with Gasteiger partial charge in [-0.1, -0.05) is 60.6 Å². The normalized spacial score (nSPS) is 14.4. The number of aromatic nitrogens is 2. The first-order chi connectivity index (χ1) is 33.1. The van der Waals surface area contributed by atoms with Gasteiger partial charge >= 0.3 is 12.1 Å². The largest absolute Gasteiger partial charge is 0.496 e. The lowest BCUT2D eigenvalue weighted by Crippen LogP contribution is -2.45. The minimum absolute atomic E-state index is 0.0167. The number of nitrogens with zero attached hydrogens (tertiary/aromatic N) is 6. The highest BCUT2D eigenvalue weighted by Gasteiger charge is 2.31. The van der Waals surface area contributed by atoms with E-state index in [1.54, 1.807) is 63.4 Å². The van der Waals surface area contributed by atoms with Crippen molar-refractivity contribution in [2.75, 3.05) is 66.7 Å². The van der Waals surface area contributed by atoms with Gasteiger partial charge in [0, 0.05) is 55.8 Å². The summed E-state index contributed by atoms with van der Waals surface area (Å²) in [6.07, 6.45) is -3.83. The first-order valence-corrected chi connectivity index (χ1v) is 22.9. The number of para-hydroxylation sites is 2. The zero-order valence-electron chi connectivity index (χ0n) is 38.2. The van der Waals surface area contributed by atoms with Gasteiger partial charge in [0.15, 0.2) is 24.0 Å². The summed E-state index contributed by atoms with van der Waals surface area (Å²) in [6, 6.07) is 21.3. The van der Waals surface area contributed by atoms with Crippen LogP contribution in [0.25, 0.3) is 31.8 Å². The van der Waals surface area contributed by atoms with Gasteiger partial charge in [-0.2, -0.15) is 13.2 Å². The van der Waals surface area contributed by atoms with Crippen LogP contribution in [0.4, 0.5) is 17.6 Å². The lowest BCUT2D eigenvalue weighted by atomic mass is 9.95. The van der Waals surface area contributed by atoms with Gasteiger partial charge in [0.2, 0.25) is 12.0 Å². The van der Waals surface area contributed by atoms with Crippen LogP contribution in [0.5, 0.6) is 28.9 Å². The van der Waals surface area contributed by atoms with E-state index in [4.69, 9.17) is 35.3 Å². The van der Waals surface area contributed by atoms with Crippen molar-refractivity contribution in [3.63, 3.8) is 0 Å². The highest BCUT2D eigenvalue weighted by atomic mass is 35.5. The van der Waals surface area contributed by atoms with Crippen molar-refractivity contribution in [2.45, 2.75) is 32.5 Å². The predicted octanol–water partition coefficient (Wildman–Crippen LogP) is 10.2. The molecule has 0 amide bonds. The van der Waals surface area contributed by atoms with Crippen molar-refractivity contribution in [1.29, 1.82) is 0 Å². The molecule has 7 rings (SSSR count). The third-order valence-corrected chi connectivity index (χ3v) is 12.7. The van der Waals surface area contributed by atoms with E-state index in [2.05, 4.69) is 43.4 Å². The smallest absolute Gasteiger partial charge is 0.422 e. The molecule has 6 aromatic rings. The number of ether oxygens (including phenoxy) is 5. The van der Waals surface area contributed by atoms with Crippen molar-refractivity contribution in [3.8, 4) is 50.4 Å². The number of methoxy groups -OCH3 is 1. The number of hydrogen-bond donors (Lipinski definition) is 1. The molecular weight excluding hydrogens is 940 g/mol. The zero-order chi connectivity index (χ0) is 49.2. The van der Waals surface area contributed by atoms with Gasteiger partial charge in [0.05, 0.1) is 28.8 Å². The number of thiophene rings is 1. The second-order valence-corrected chi connectivity index (χ2v) is 17.4. The van der Waals surface area contributed by atoms with Crippen LogP contribution in [-0.4, -0.2) is 121 Å². The molecule has 0 aliphatic carbocycles. The number of fused-ring (bicyclic) bond motifs is 1. The second-order valence-electron chi connectivity index (χ2n) is 16.0. The number of aliphatic imine (C=N–C) groups is 2. The molecule has 2 aromatic heterocycles. The maximum absolute atomic E-state index is 15.0. The van der Waals surface area contributed by atoms with E-state index in [0.717, 1.165) is 43.6 Å². The van der Waals surface area contributed by atoms with Gasteiger partial charge in [-0.3, -0.25) is 4.90 Å². The number of amidine groups is 1. The Morgan fingerprint density at radius 1 is 0.971 bits per heavy atom. The van der Waals surface area contributed by atoms with Crippen LogP contribution in [0.3, 0.4) is 0 Å². The average Bonchev–Trinajstić information content (AvgIpc) is 3.72. The number of halogens is 5. The summed E-state index contributed by atoms with van der Waals surface area (Å²) in [5, 5.41) is 11.3. The summed E-state index contributed by atoms with van der Waals surface area (Å²) in [7, 11) is 3.63. The molecule has 0 spiro atoms. The van der Waals surface area contributed by atoms with E-state index in [9.17, 15) is 27.5 Å². The van der Waals surface area contributed by atoms with E-state index in [-0.39, 0.29) is 29.9 Å². The fraction of sp³-hybridized carbons (Fsp3) is 0.300. The second kappa shape index (κ2) is 22.7. The van der Waals surface area contributed by atoms with Crippen molar-refractivity contribution >= 4 is 50.7 Å². The van der Waals surface area contributed by atoms with Gasteiger partial charge in [0.1, 0.15) is 41.6 Å². The topological polar surface area (TPSA) is 140 Å². The van der Waals surface area contributed by atoms with Crippen molar-refractivity contribution in [1.82, 2.24) is 19.8 Å². The fourth-order valence-electron chi connectivity index (χ4n) is 7.57. The molecule has 1 unspecified atom stereocenters. The summed E-state index contributed by atoms with van der Waals surface area (Å²) < 4.78 is 83.8. The number of likely N-dealkylation sites (N-methyl/N-ethyl adjacent to an activating group) is 1. The van der Waals surface area contributed by atoms with Gasteiger partial charge < -0.3 is 33.7 Å². The first kappa shape index (κ1) is 50.3. The van der Waals surface area contributed by atoms with E-state index in [1.807, 2.05) is 18.2 Å². The molecule has 1 saturated heterocycles. The molecule has 1 N–H and O–H groups in total. The predicted molar refractivity (Wildman–Crippen MR) is 260 cm³/mol. The average molecular weight is 989 g/mol. The molecule has 0 saturated carbocycles. The molecule has 1 fully saturated rings. The Hall–Kier alpha value is -6.60. The van der Waals surface area contributed by atoms with Crippen LogP contribution in [-0.2, 0) is 11.2 Å². The third kappa shape index (κ3) is 12.5. The maximum atomic E-state index is 15.0. The summed E-state index contributed by atoms with van der Waals surface area (Å²) in [5.74, 6) is -1.29. The van der Waals surface area contributed by atoms with Crippen LogP contribution in [0.1, 0.15) is 23.6 Å². The molecule has 4 aromatic carbocycles. The number of alkyl halides is 3. The Bertz CT molecular complexity index is 2870. The maximum Gasteiger partial charge on any atom is 0.422 e.